The van der Waals surface area contributed by atoms with E-state index in [0.717, 1.165) is 9.84 Å². The second kappa shape index (κ2) is 3.70. The Balaban J connectivity index is 3.46. The summed E-state index contributed by atoms with van der Waals surface area (Å²) in [4.78, 5) is 0. The van der Waals surface area contributed by atoms with Crippen molar-refractivity contribution >= 4 is 22.6 Å². The van der Waals surface area contributed by atoms with Crippen LogP contribution in [0.25, 0.3) is 0 Å². The molecule has 2 atom stereocenters. The van der Waals surface area contributed by atoms with E-state index in [1.54, 1.807) is 0 Å². The quantitative estimate of drug-likeness (QED) is 0.500. The van der Waals surface area contributed by atoms with Gasteiger partial charge in [-0.3, -0.25) is 0 Å². The Kier molecular flexibility index (Phi) is 4.04. The van der Waals surface area contributed by atoms with Gasteiger partial charge in [-0.1, -0.05) is 43.4 Å². The summed E-state index contributed by atoms with van der Waals surface area (Å²) in [6.07, 6.45) is 0. The van der Waals surface area contributed by atoms with E-state index in [2.05, 4.69) is 50.3 Å². The summed E-state index contributed by atoms with van der Waals surface area (Å²) in [5.74, 6) is 1.35. The van der Waals surface area contributed by atoms with Crippen LogP contribution >= 0.6 is 22.6 Å². The molecular weight excluding hydrogens is 211 g/mol. The van der Waals surface area contributed by atoms with Crippen molar-refractivity contribution in [3.8, 4) is 0 Å². The molecule has 0 N–H and O–H groups in total. The molecule has 0 fully saturated rings. The van der Waals surface area contributed by atoms with Gasteiger partial charge in [0.2, 0.25) is 0 Å². The first kappa shape index (κ1) is 8.73. The fourth-order valence-electron chi connectivity index (χ4n) is 0.657. The van der Waals surface area contributed by atoms with Gasteiger partial charge in [-0.05, 0) is 18.8 Å². The van der Waals surface area contributed by atoms with Crippen LogP contribution < -0.4 is 0 Å². The van der Waals surface area contributed by atoms with Crippen LogP contribution in [0.15, 0.2) is 0 Å². The van der Waals surface area contributed by atoms with E-state index < -0.39 is 0 Å². The highest BCUT2D eigenvalue weighted by molar-refractivity contribution is 14.1. The van der Waals surface area contributed by atoms with Gasteiger partial charge in [-0.15, -0.1) is 0 Å². The molecule has 49 valence electrons. The maximum atomic E-state index is 3.95. The lowest BCUT2D eigenvalue weighted by Gasteiger charge is -2.16. The fraction of sp³-hybridized carbons (Fsp3) is 0.857. The Morgan fingerprint density at radius 3 is 1.62 bits per heavy atom. The summed E-state index contributed by atoms with van der Waals surface area (Å²) in [5.41, 5.74) is 0. The number of rotatable bonds is 2. The zero-order valence-electron chi connectivity index (χ0n) is 5.82. The van der Waals surface area contributed by atoms with Crippen molar-refractivity contribution < 1.29 is 0 Å². The zero-order valence-corrected chi connectivity index (χ0v) is 7.97. The van der Waals surface area contributed by atoms with Gasteiger partial charge < -0.3 is 0 Å². The van der Waals surface area contributed by atoms with Crippen LogP contribution in [0.2, 0.25) is 0 Å². The van der Waals surface area contributed by atoms with Crippen molar-refractivity contribution in [2.45, 2.75) is 24.7 Å². The molecule has 2 unspecified atom stereocenters. The molecule has 0 heterocycles. The first-order valence-corrected chi connectivity index (χ1v) is 4.27. The largest absolute Gasteiger partial charge is 0.0821 e. The summed E-state index contributed by atoms with van der Waals surface area (Å²) < 4.78 is 0.729. The van der Waals surface area contributed by atoms with Gasteiger partial charge in [-0.25, -0.2) is 0 Å². The van der Waals surface area contributed by atoms with Gasteiger partial charge in [-0.2, -0.15) is 0 Å². The average molecular weight is 225 g/mol. The fourth-order valence-corrected chi connectivity index (χ4v) is 0.657. The molecule has 0 aromatic heterocycles. The topological polar surface area (TPSA) is 0 Å². The molecule has 0 rings (SSSR count). The first-order chi connectivity index (χ1) is 3.55. The normalized spacial score (nSPS) is 12.0. The molecule has 0 aliphatic heterocycles. The van der Waals surface area contributed by atoms with Crippen LogP contribution in [-0.2, 0) is 0 Å². The van der Waals surface area contributed by atoms with E-state index in [4.69, 9.17) is 0 Å². The van der Waals surface area contributed by atoms with Gasteiger partial charge >= 0.3 is 0 Å². The van der Waals surface area contributed by atoms with Gasteiger partial charge in [0.1, 0.15) is 0 Å². The van der Waals surface area contributed by atoms with Crippen LogP contribution in [0.5, 0.6) is 0 Å². The molecule has 0 saturated carbocycles. The summed E-state index contributed by atoms with van der Waals surface area (Å²) in [5, 5.41) is 0. The van der Waals surface area contributed by atoms with Gasteiger partial charge in [0.05, 0.1) is 0 Å². The third kappa shape index (κ3) is 2.90. The molecule has 0 aromatic rings. The van der Waals surface area contributed by atoms with E-state index in [1.165, 1.54) is 0 Å². The first-order valence-electron chi connectivity index (χ1n) is 3.03. The van der Waals surface area contributed by atoms with Crippen LogP contribution in [0.3, 0.4) is 0 Å². The minimum Gasteiger partial charge on any atom is -0.0821 e. The molecule has 0 nitrogen and oxygen atoms in total. The number of alkyl halides is 1. The second-order valence-corrected chi connectivity index (χ2v) is 4.10. The van der Waals surface area contributed by atoms with Gasteiger partial charge in [0.15, 0.2) is 0 Å². The SMILES string of the molecule is [CH2]C(C)C(I)C(C)C. The number of hydrogen-bond acceptors (Lipinski definition) is 0. The highest BCUT2D eigenvalue weighted by Gasteiger charge is 2.11. The molecule has 0 saturated heterocycles. The molecule has 0 aliphatic rings. The van der Waals surface area contributed by atoms with Gasteiger partial charge in [0.25, 0.3) is 0 Å². The summed E-state index contributed by atoms with van der Waals surface area (Å²) in [6, 6.07) is 0. The van der Waals surface area contributed by atoms with E-state index in [9.17, 15) is 0 Å². The third-order valence-corrected chi connectivity index (χ3v) is 3.85. The Morgan fingerprint density at radius 2 is 1.62 bits per heavy atom. The molecule has 1 radical (unpaired) electrons. The van der Waals surface area contributed by atoms with Gasteiger partial charge in [0, 0.05) is 3.92 Å². The minimum absolute atomic E-state index is 0.579. The Hall–Kier alpha value is 0.730. The molecular formula is C7H14I. The summed E-state index contributed by atoms with van der Waals surface area (Å²) >= 11 is 2.46. The number of hydrogen-bond donors (Lipinski definition) is 0. The monoisotopic (exact) mass is 225 g/mol. The van der Waals surface area contributed by atoms with Crippen molar-refractivity contribution in [3.63, 3.8) is 0 Å². The van der Waals surface area contributed by atoms with Crippen molar-refractivity contribution in [1.82, 2.24) is 0 Å². The van der Waals surface area contributed by atoms with Crippen molar-refractivity contribution in [2.24, 2.45) is 11.8 Å². The molecule has 0 bridgehead atoms. The smallest absolute Gasteiger partial charge is 0.0158 e. The lowest BCUT2D eigenvalue weighted by molar-refractivity contribution is 0.538. The van der Waals surface area contributed by atoms with E-state index in [-0.39, 0.29) is 0 Å². The maximum absolute atomic E-state index is 3.95. The highest BCUT2D eigenvalue weighted by Crippen LogP contribution is 2.20. The van der Waals surface area contributed by atoms with E-state index >= 15 is 0 Å². The van der Waals surface area contributed by atoms with Crippen LogP contribution in [0.1, 0.15) is 20.8 Å². The summed E-state index contributed by atoms with van der Waals surface area (Å²) in [7, 11) is 0. The molecule has 0 aliphatic carbocycles. The lowest BCUT2D eigenvalue weighted by atomic mass is 10.0. The minimum atomic E-state index is 0.579. The van der Waals surface area contributed by atoms with E-state index in [0.29, 0.717) is 5.92 Å². The number of halogens is 1. The summed E-state index contributed by atoms with van der Waals surface area (Å²) in [6.45, 7) is 10.6. The second-order valence-electron chi connectivity index (χ2n) is 2.67. The Bertz CT molecular complexity index is 49.4. The van der Waals surface area contributed by atoms with Crippen molar-refractivity contribution in [1.29, 1.82) is 0 Å². The molecule has 0 amide bonds. The standard InChI is InChI=1S/C7H14I/c1-5(2)7(8)6(3)4/h5-7H,1H2,2-4H3. The van der Waals surface area contributed by atoms with Crippen LogP contribution in [-0.4, -0.2) is 3.92 Å². The molecule has 0 spiro atoms. The van der Waals surface area contributed by atoms with Crippen LogP contribution in [0.4, 0.5) is 0 Å². The van der Waals surface area contributed by atoms with Crippen molar-refractivity contribution in [2.75, 3.05) is 0 Å². The molecule has 0 aromatic carbocycles. The third-order valence-electron chi connectivity index (χ3n) is 1.18. The molecule has 1 heteroatoms. The zero-order chi connectivity index (χ0) is 6.73. The average Bonchev–Trinajstić information content (AvgIpc) is 1.64. The van der Waals surface area contributed by atoms with Crippen molar-refractivity contribution in [3.05, 3.63) is 6.92 Å². The predicted octanol–water partition coefficient (Wildman–Crippen LogP) is 2.92. The van der Waals surface area contributed by atoms with E-state index in [1.807, 2.05) is 0 Å². The maximum Gasteiger partial charge on any atom is 0.0158 e. The molecule has 8 heavy (non-hydrogen) atoms. The lowest BCUT2D eigenvalue weighted by Crippen LogP contribution is -2.13. The Morgan fingerprint density at radius 1 is 1.25 bits per heavy atom. The van der Waals surface area contributed by atoms with Crippen LogP contribution in [0, 0.1) is 18.8 Å². The Labute approximate surface area is 66.2 Å². The highest BCUT2D eigenvalue weighted by atomic mass is 127. The predicted molar refractivity (Wildman–Crippen MR) is 47.2 cm³/mol.